The summed E-state index contributed by atoms with van der Waals surface area (Å²) in [6, 6.07) is 0. The van der Waals surface area contributed by atoms with Gasteiger partial charge in [-0.2, -0.15) is 0 Å². The van der Waals surface area contributed by atoms with Crippen molar-refractivity contribution >= 4 is 5.91 Å². The lowest BCUT2D eigenvalue weighted by Crippen LogP contribution is -2.36. The molecule has 1 aliphatic rings. The van der Waals surface area contributed by atoms with Gasteiger partial charge < -0.3 is 10.3 Å². The second-order valence-corrected chi connectivity index (χ2v) is 5.05. The van der Waals surface area contributed by atoms with E-state index in [9.17, 15) is 4.79 Å². The van der Waals surface area contributed by atoms with Gasteiger partial charge in [-0.25, -0.2) is 4.98 Å². The van der Waals surface area contributed by atoms with Crippen molar-refractivity contribution in [2.75, 3.05) is 19.6 Å². The summed E-state index contributed by atoms with van der Waals surface area (Å²) in [5, 5.41) is 2.88. The number of amides is 1. The molecule has 1 saturated heterocycles. The maximum atomic E-state index is 10.8. The molecule has 18 heavy (non-hydrogen) atoms. The molecule has 0 radical (unpaired) electrons. The highest BCUT2D eigenvalue weighted by molar-refractivity contribution is 5.72. The SMILES string of the molecule is CC(=O)NCCC1CCCN(Cc2ncc[nH]2)C1. The van der Waals surface area contributed by atoms with Crippen LogP contribution in [0.5, 0.6) is 0 Å². The second kappa shape index (κ2) is 6.54. The third kappa shape index (κ3) is 4.14. The molecule has 0 bridgehead atoms. The lowest BCUT2D eigenvalue weighted by Gasteiger charge is -2.32. The van der Waals surface area contributed by atoms with Crippen LogP contribution in [0.1, 0.15) is 32.0 Å². The summed E-state index contributed by atoms with van der Waals surface area (Å²) in [7, 11) is 0. The van der Waals surface area contributed by atoms with Gasteiger partial charge in [0.2, 0.25) is 5.91 Å². The monoisotopic (exact) mass is 250 g/mol. The average Bonchev–Trinajstić information content (AvgIpc) is 2.82. The zero-order valence-corrected chi connectivity index (χ0v) is 11.0. The molecule has 1 aromatic rings. The van der Waals surface area contributed by atoms with Crippen molar-refractivity contribution in [1.29, 1.82) is 0 Å². The van der Waals surface area contributed by atoms with Gasteiger partial charge in [0.25, 0.3) is 0 Å². The number of carbonyl (C=O) groups is 1. The maximum absolute atomic E-state index is 10.8. The molecule has 2 heterocycles. The Morgan fingerprint density at radius 2 is 2.56 bits per heavy atom. The van der Waals surface area contributed by atoms with Crippen LogP contribution >= 0.6 is 0 Å². The summed E-state index contributed by atoms with van der Waals surface area (Å²) < 4.78 is 0. The summed E-state index contributed by atoms with van der Waals surface area (Å²) in [4.78, 5) is 20.7. The van der Waals surface area contributed by atoms with Crippen LogP contribution in [-0.4, -0.2) is 40.4 Å². The highest BCUT2D eigenvalue weighted by atomic mass is 16.1. The zero-order valence-electron chi connectivity index (χ0n) is 11.0. The molecule has 1 unspecified atom stereocenters. The fourth-order valence-corrected chi connectivity index (χ4v) is 2.58. The van der Waals surface area contributed by atoms with Gasteiger partial charge in [-0.05, 0) is 31.7 Å². The van der Waals surface area contributed by atoms with E-state index < -0.39 is 0 Å². The molecule has 0 aromatic carbocycles. The van der Waals surface area contributed by atoms with Crippen molar-refractivity contribution in [3.8, 4) is 0 Å². The molecular weight excluding hydrogens is 228 g/mol. The van der Waals surface area contributed by atoms with E-state index in [0.717, 1.165) is 38.4 Å². The lowest BCUT2D eigenvalue weighted by atomic mass is 9.95. The smallest absolute Gasteiger partial charge is 0.216 e. The molecular formula is C13H22N4O. The molecule has 1 fully saturated rings. The van der Waals surface area contributed by atoms with E-state index in [1.807, 2.05) is 6.20 Å². The van der Waals surface area contributed by atoms with Crippen LogP contribution in [0.2, 0.25) is 0 Å². The first kappa shape index (κ1) is 13.1. The van der Waals surface area contributed by atoms with Crippen LogP contribution in [0.15, 0.2) is 12.4 Å². The van der Waals surface area contributed by atoms with E-state index in [-0.39, 0.29) is 5.91 Å². The van der Waals surface area contributed by atoms with Gasteiger partial charge in [-0.3, -0.25) is 9.69 Å². The number of piperidine rings is 1. The number of nitrogens with one attached hydrogen (secondary N) is 2. The summed E-state index contributed by atoms with van der Waals surface area (Å²) in [6.07, 6.45) is 7.26. The van der Waals surface area contributed by atoms with Gasteiger partial charge >= 0.3 is 0 Å². The number of hydrogen-bond donors (Lipinski definition) is 2. The number of nitrogens with zero attached hydrogens (tertiary/aromatic N) is 2. The van der Waals surface area contributed by atoms with Crippen molar-refractivity contribution in [2.45, 2.75) is 32.7 Å². The van der Waals surface area contributed by atoms with E-state index in [1.165, 1.54) is 12.8 Å². The normalized spacial score (nSPS) is 20.8. The lowest BCUT2D eigenvalue weighted by molar-refractivity contribution is -0.119. The quantitative estimate of drug-likeness (QED) is 0.824. The van der Waals surface area contributed by atoms with Crippen LogP contribution in [0.3, 0.4) is 0 Å². The van der Waals surface area contributed by atoms with E-state index in [4.69, 9.17) is 0 Å². The molecule has 1 amide bonds. The molecule has 2 rings (SSSR count). The number of H-pyrrole nitrogens is 1. The number of imidazole rings is 1. The third-order valence-corrected chi connectivity index (χ3v) is 3.46. The van der Waals surface area contributed by atoms with Crippen LogP contribution in [0.25, 0.3) is 0 Å². The van der Waals surface area contributed by atoms with E-state index in [1.54, 1.807) is 13.1 Å². The van der Waals surface area contributed by atoms with E-state index in [2.05, 4.69) is 20.2 Å². The molecule has 1 aromatic heterocycles. The Balaban J connectivity index is 1.72. The predicted molar refractivity (Wildman–Crippen MR) is 69.9 cm³/mol. The van der Waals surface area contributed by atoms with Crippen molar-refractivity contribution in [1.82, 2.24) is 20.2 Å². The van der Waals surface area contributed by atoms with Gasteiger partial charge in [-0.15, -0.1) is 0 Å². The van der Waals surface area contributed by atoms with Crippen LogP contribution in [0, 0.1) is 5.92 Å². The first-order chi connectivity index (χ1) is 8.74. The largest absolute Gasteiger partial charge is 0.356 e. The number of hydrogen-bond acceptors (Lipinski definition) is 3. The Morgan fingerprint density at radius 1 is 1.67 bits per heavy atom. The molecule has 1 atom stereocenters. The van der Waals surface area contributed by atoms with Crippen molar-refractivity contribution < 1.29 is 4.79 Å². The Morgan fingerprint density at radius 3 is 3.28 bits per heavy atom. The molecule has 100 valence electrons. The van der Waals surface area contributed by atoms with Gasteiger partial charge in [0.1, 0.15) is 5.82 Å². The van der Waals surface area contributed by atoms with E-state index in [0.29, 0.717) is 5.92 Å². The summed E-state index contributed by atoms with van der Waals surface area (Å²) in [5.41, 5.74) is 0. The zero-order chi connectivity index (χ0) is 12.8. The third-order valence-electron chi connectivity index (χ3n) is 3.46. The molecule has 0 spiro atoms. The fraction of sp³-hybridized carbons (Fsp3) is 0.692. The Bertz CT molecular complexity index is 363. The molecule has 1 aliphatic heterocycles. The predicted octanol–water partition coefficient (Wildman–Crippen LogP) is 1.15. The topological polar surface area (TPSA) is 61.0 Å². The average molecular weight is 250 g/mol. The fourth-order valence-electron chi connectivity index (χ4n) is 2.58. The van der Waals surface area contributed by atoms with Gasteiger partial charge in [0.15, 0.2) is 0 Å². The maximum Gasteiger partial charge on any atom is 0.216 e. The Labute approximate surface area is 108 Å². The molecule has 5 heteroatoms. The number of likely N-dealkylation sites (tertiary alicyclic amines) is 1. The van der Waals surface area contributed by atoms with Gasteiger partial charge in [-0.1, -0.05) is 0 Å². The number of aromatic nitrogens is 2. The van der Waals surface area contributed by atoms with E-state index >= 15 is 0 Å². The first-order valence-corrected chi connectivity index (χ1v) is 6.69. The molecule has 2 N–H and O–H groups in total. The molecule has 0 saturated carbocycles. The minimum atomic E-state index is 0.0678. The van der Waals surface area contributed by atoms with Crippen LogP contribution in [-0.2, 0) is 11.3 Å². The minimum Gasteiger partial charge on any atom is -0.356 e. The number of rotatable bonds is 5. The van der Waals surface area contributed by atoms with Gasteiger partial charge in [0.05, 0.1) is 6.54 Å². The minimum absolute atomic E-state index is 0.0678. The molecule has 5 nitrogen and oxygen atoms in total. The van der Waals surface area contributed by atoms with Crippen LogP contribution < -0.4 is 5.32 Å². The Hall–Kier alpha value is -1.36. The first-order valence-electron chi connectivity index (χ1n) is 6.69. The summed E-state index contributed by atoms with van der Waals surface area (Å²) >= 11 is 0. The van der Waals surface area contributed by atoms with Crippen molar-refractivity contribution in [3.63, 3.8) is 0 Å². The standard InChI is InChI=1S/C13H22N4O/c1-11(18)14-5-4-12-3-2-8-17(9-12)10-13-15-6-7-16-13/h6-7,12H,2-5,8-10H2,1H3,(H,14,18)(H,15,16). The highest BCUT2D eigenvalue weighted by Crippen LogP contribution is 2.20. The Kier molecular flexibility index (Phi) is 4.75. The summed E-state index contributed by atoms with van der Waals surface area (Å²) in [5.74, 6) is 1.80. The van der Waals surface area contributed by atoms with Crippen molar-refractivity contribution in [3.05, 3.63) is 18.2 Å². The van der Waals surface area contributed by atoms with Gasteiger partial charge in [0, 0.05) is 32.4 Å². The van der Waals surface area contributed by atoms with Crippen LogP contribution in [0.4, 0.5) is 0 Å². The number of aromatic amines is 1. The summed E-state index contributed by atoms with van der Waals surface area (Å²) in [6.45, 7) is 5.54. The van der Waals surface area contributed by atoms with Crippen molar-refractivity contribution in [2.24, 2.45) is 5.92 Å². The molecule has 0 aliphatic carbocycles. The highest BCUT2D eigenvalue weighted by Gasteiger charge is 2.20. The number of carbonyl (C=O) groups excluding carboxylic acids is 1. The second-order valence-electron chi connectivity index (χ2n) is 5.05.